The van der Waals surface area contributed by atoms with Crippen LogP contribution < -0.4 is 10.5 Å². The lowest BCUT2D eigenvalue weighted by atomic mass is 9.97. The Kier molecular flexibility index (Phi) is 2.17. The van der Waals surface area contributed by atoms with Crippen molar-refractivity contribution in [2.45, 2.75) is 19.1 Å². The first-order chi connectivity index (χ1) is 6.59. The van der Waals surface area contributed by atoms with Crippen molar-refractivity contribution in [1.82, 2.24) is 0 Å². The maximum absolute atomic E-state index is 13.1. The van der Waals surface area contributed by atoms with Crippen molar-refractivity contribution in [3.63, 3.8) is 0 Å². The average molecular weight is 197 g/mol. The second-order valence-corrected chi connectivity index (χ2v) is 3.55. The summed E-state index contributed by atoms with van der Waals surface area (Å²) in [6, 6.07) is 2.15. The zero-order chi connectivity index (χ0) is 10.3. The minimum atomic E-state index is -0.760. The zero-order valence-electron chi connectivity index (χ0n) is 7.83. The number of aliphatic hydroxyl groups excluding tert-OH is 1. The smallest absolute Gasteiger partial charge is 0.127 e. The molecule has 0 saturated heterocycles. The van der Waals surface area contributed by atoms with Gasteiger partial charge in [0.1, 0.15) is 24.3 Å². The van der Waals surface area contributed by atoms with Crippen LogP contribution in [0.2, 0.25) is 0 Å². The number of hydrogen-bond donors (Lipinski definition) is 2. The number of hydrogen-bond acceptors (Lipinski definition) is 3. The summed E-state index contributed by atoms with van der Waals surface area (Å²) in [5.74, 6) is 0.249. The number of benzene rings is 1. The maximum Gasteiger partial charge on any atom is 0.127 e. The number of nitrogens with two attached hydrogens (primary N) is 1. The van der Waals surface area contributed by atoms with Crippen LogP contribution in [0.15, 0.2) is 12.1 Å². The van der Waals surface area contributed by atoms with Gasteiger partial charge in [0.15, 0.2) is 0 Å². The summed E-state index contributed by atoms with van der Waals surface area (Å²) in [7, 11) is 0. The van der Waals surface area contributed by atoms with E-state index in [1.165, 1.54) is 12.1 Å². The molecular weight excluding hydrogens is 185 g/mol. The Morgan fingerprint density at radius 1 is 1.57 bits per heavy atom. The highest BCUT2D eigenvalue weighted by Gasteiger charge is 2.27. The van der Waals surface area contributed by atoms with E-state index in [4.69, 9.17) is 10.5 Å². The number of halogens is 1. The lowest BCUT2D eigenvalue weighted by Gasteiger charge is -2.28. The Hall–Kier alpha value is -1.13. The Labute approximate surface area is 81.3 Å². The van der Waals surface area contributed by atoms with Gasteiger partial charge < -0.3 is 15.6 Å². The highest BCUT2D eigenvalue weighted by Crippen LogP contribution is 2.34. The van der Waals surface area contributed by atoms with Crippen molar-refractivity contribution < 1.29 is 14.2 Å². The summed E-state index contributed by atoms with van der Waals surface area (Å²) >= 11 is 0. The first-order valence-corrected chi connectivity index (χ1v) is 4.46. The van der Waals surface area contributed by atoms with E-state index < -0.39 is 12.1 Å². The molecule has 76 valence electrons. The first kappa shape index (κ1) is 9.43. The van der Waals surface area contributed by atoms with E-state index in [1.54, 1.807) is 6.92 Å². The molecule has 2 unspecified atom stereocenters. The second kappa shape index (κ2) is 3.22. The third-order valence-corrected chi connectivity index (χ3v) is 2.44. The van der Waals surface area contributed by atoms with Gasteiger partial charge in [-0.15, -0.1) is 0 Å². The molecule has 0 spiro atoms. The van der Waals surface area contributed by atoms with Crippen molar-refractivity contribution in [1.29, 1.82) is 0 Å². The molecule has 0 bridgehead atoms. The van der Waals surface area contributed by atoms with Gasteiger partial charge in [-0.1, -0.05) is 0 Å². The summed E-state index contributed by atoms with van der Waals surface area (Å²) in [5.41, 5.74) is 6.98. The van der Waals surface area contributed by atoms with E-state index in [-0.39, 0.29) is 12.4 Å². The van der Waals surface area contributed by atoms with Gasteiger partial charge >= 0.3 is 0 Å². The quantitative estimate of drug-likeness (QED) is 0.649. The van der Waals surface area contributed by atoms with E-state index in [9.17, 15) is 9.50 Å². The molecule has 3 nitrogen and oxygen atoms in total. The summed E-state index contributed by atoms with van der Waals surface area (Å²) < 4.78 is 18.4. The molecule has 1 aliphatic rings. The third kappa shape index (κ3) is 1.36. The number of aliphatic hydroxyl groups is 1. The van der Waals surface area contributed by atoms with Crippen molar-refractivity contribution in [2.75, 3.05) is 6.61 Å². The Morgan fingerprint density at radius 2 is 2.29 bits per heavy atom. The lowest BCUT2D eigenvalue weighted by Crippen LogP contribution is -2.36. The van der Waals surface area contributed by atoms with Crippen LogP contribution in [0.25, 0.3) is 0 Å². The summed E-state index contributed by atoms with van der Waals surface area (Å²) in [6.07, 6.45) is -0.760. The summed E-state index contributed by atoms with van der Waals surface area (Å²) in [4.78, 5) is 0. The second-order valence-electron chi connectivity index (χ2n) is 3.55. The van der Waals surface area contributed by atoms with Crippen molar-refractivity contribution in [3.8, 4) is 5.75 Å². The Morgan fingerprint density at radius 3 is 3.00 bits per heavy atom. The minimum Gasteiger partial charge on any atom is -0.490 e. The fourth-order valence-corrected chi connectivity index (χ4v) is 1.68. The molecule has 0 fully saturated rings. The van der Waals surface area contributed by atoms with Gasteiger partial charge in [0.2, 0.25) is 0 Å². The van der Waals surface area contributed by atoms with Gasteiger partial charge in [-0.25, -0.2) is 4.39 Å². The van der Waals surface area contributed by atoms with E-state index >= 15 is 0 Å². The minimum absolute atomic E-state index is 0.167. The highest BCUT2D eigenvalue weighted by molar-refractivity contribution is 5.44. The van der Waals surface area contributed by atoms with Crippen LogP contribution in [-0.4, -0.2) is 17.8 Å². The predicted molar refractivity (Wildman–Crippen MR) is 49.6 cm³/mol. The molecule has 2 atom stereocenters. The van der Waals surface area contributed by atoms with Crippen molar-refractivity contribution >= 4 is 0 Å². The summed E-state index contributed by atoms with van der Waals surface area (Å²) in [6.45, 7) is 1.92. The Bertz CT molecular complexity index is 367. The molecule has 14 heavy (non-hydrogen) atoms. The maximum atomic E-state index is 13.1. The molecule has 0 aliphatic carbocycles. The van der Waals surface area contributed by atoms with Gasteiger partial charge in [-0.3, -0.25) is 0 Å². The molecule has 3 N–H and O–H groups in total. The van der Waals surface area contributed by atoms with Gasteiger partial charge in [-0.05, 0) is 24.6 Å². The van der Waals surface area contributed by atoms with E-state index in [0.29, 0.717) is 16.9 Å². The van der Waals surface area contributed by atoms with Crippen LogP contribution in [0, 0.1) is 12.7 Å². The van der Waals surface area contributed by atoms with Crippen molar-refractivity contribution in [3.05, 3.63) is 29.1 Å². The molecule has 1 aromatic rings. The van der Waals surface area contributed by atoms with Crippen molar-refractivity contribution in [2.24, 2.45) is 5.73 Å². The zero-order valence-corrected chi connectivity index (χ0v) is 7.83. The van der Waals surface area contributed by atoms with Crippen LogP contribution in [0.1, 0.15) is 17.2 Å². The van der Waals surface area contributed by atoms with Gasteiger partial charge in [0, 0.05) is 5.56 Å². The number of fused-ring (bicyclic) bond motifs is 1. The average Bonchev–Trinajstić information content (AvgIpc) is 2.12. The van der Waals surface area contributed by atoms with Gasteiger partial charge in [-0.2, -0.15) is 0 Å². The topological polar surface area (TPSA) is 55.5 Å². The first-order valence-electron chi connectivity index (χ1n) is 4.46. The number of aryl methyl sites for hydroxylation is 1. The van der Waals surface area contributed by atoms with E-state index in [2.05, 4.69) is 0 Å². The fourth-order valence-electron chi connectivity index (χ4n) is 1.68. The largest absolute Gasteiger partial charge is 0.490 e. The van der Waals surface area contributed by atoms with Gasteiger partial charge in [0.25, 0.3) is 0 Å². The standard InChI is InChI=1S/C10H12FNO2/c1-5-2-6(11)3-7-9(12)8(13)4-14-10(5)7/h2-3,8-9,13H,4,12H2,1H3. The van der Waals surface area contributed by atoms with Crippen LogP contribution >= 0.6 is 0 Å². The third-order valence-electron chi connectivity index (χ3n) is 2.44. The molecule has 1 aromatic carbocycles. The molecule has 0 amide bonds. The number of ether oxygens (including phenoxy) is 1. The molecular formula is C10H12FNO2. The number of rotatable bonds is 0. The fraction of sp³-hybridized carbons (Fsp3) is 0.400. The molecule has 0 radical (unpaired) electrons. The molecule has 0 saturated carbocycles. The summed E-state index contributed by atoms with van der Waals surface area (Å²) in [5, 5.41) is 9.43. The molecule has 1 heterocycles. The molecule has 2 rings (SSSR count). The monoisotopic (exact) mass is 197 g/mol. The predicted octanol–water partition coefficient (Wildman–Crippen LogP) is 0.887. The van der Waals surface area contributed by atoms with Crippen LogP contribution in [0.3, 0.4) is 0 Å². The normalized spacial score (nSPS) is 25.4. The van der Waals surface area contributed by atoms with Gasteiger partial charge in [0.05, 0.1) is 6.04 Å². The molecule has 0 aromatic heterocycles. The Balaban J connectivity index is 2.54. The molecule has 1 aliphatic heterocycles. The van der Waals surface area contributed by atoms with E-state index in [1.807, 2.05) is 0 Å². The van der Waals surface area contributed by atoms with Crippen LogP contribution in [0.4, 0.5) is 4.39 Å². The molecule has 4 heteroatoms. The SMILES string of the molecule is Cc1cc(F)cc2c1OCC(O)C2N. The van der Waals surface area contributed by atoms with Crippen LogP contribution in [0.5, 0.6) is 5.75 Å². The lowest BCUT2D eigenvalue weighted by molar-refractivity contribution is 0.0672. The highest BCUT2D eigenvalue weighted by atomic mass is 19.1. The van der Waals surface area contributed by atoms with Crippen LogP contribution in [-0.2, 0) is 0 Å². The van der Waals surface area contributed by atoms with E-state index in [0.717, 1.165) is 0 Å².